The van der Waals surface area contributed by atoms with Gasteiger partial charge in [-0.1, -0.05) is 104 Å². The van der Waals surface area contributed by atoms with Gasteiger partial charge in [0, 0.05) is 34.8 Å². The molecule has 0 fully saturated rings. The standard InChI is InChI=1S/C39H49N5O5S.C2H6/c1-5-6-7-8-9-22-49-30-16-14-27(15-17-30)29-24-41-35(42-25-29)28-12-10-26(11-13-28)23-32(36(45)43-31(20-21-40)38(47)48)44-37(46)33-18-19-34(50-33)39(2,3)4;1-2/h10-19,24-25,31-32H,5-9,20-23,40H2,1-4H3,(H,43,45)(H,44,46)(H,47,48);1-2H3. The number of unbranched alkanes of at least 4 members (excludes halogenated alkanes) is 4. The number of nitrogens with two attached hydrogens (primary N) is 1. The van der Waals surface area contributed by atoms with Gasteiger partial charge in [0.05, 0.1) is 11.5 Å². The van der Waals surface area contributed by atoms with E-state index < -0.39 is 29.9 Å². The number of carbonyl (C=O) groups is 3. The number of benzene rings is 2. The summed E-state index contributed by atoms with van der Waals surface area (Å²) in [5.41, 5.74) is 8.87. The van der Waals surface area contributed by atoms with Crippen LogP contribution in [0.3, 0.4) is 0 Å². The first kappa shape index (κ1) is 41.8. The molecular formula is C41H55N5O5S. The van der Waals surface area contributed by atoms with Gasteiger partial charge in [0.2, 0.25) is 5.91 Å². The number of aliphatic carboxylic acids is 1. The van der Waals surface area contributed by atoms with Gasteiger partial charge >= 0.3 is 5.97 Å². The van der Waals surface area contributed by atoms with Crippen LogP contribution in [0.5, 0.6) is 5.75 Å². The molecule has 0 saturated carbocycles. The number of nitrogens with zero attached hydrogens (tertiary/aromatic N) is 2. The summed E-state index contributed by atoms with van der Waals surface area (Å²) in [5, 5.41) is 14.9. The lowest BCUT2D eigenvalue weighted by atomic mass is 9.95. The molecule has 5 N–H and O–H groups in total. The van der Waals surface area contributed by atoms with Crippen LogP contribution in [0.4, 0.5) is 0 Å². The van der Waals surface area contributed by atoms with Crippen LogP contribution in [0.15, 0.2) is 73.1 Å². The molecule has 0 spiro atoms. The van der Waals surface area contributed by atoms with E-state index in [1.165, 1.54) is 37.0 Å². The Bertz CT molecular complexity index is 1680. The lowest BCUT2D eigenvalue weighted by Gasteiger charge is -2.21. The minimum absolute atomic E-state index is 0.0636. The number of carboxylic acids is 1. The summed E-state index contributed by atoms with van der Waals surface area (Å²) >= 11 is 1.37. The van der Waals surface area contributed by atoms with E-state index in [2.05, 4.69) is 48.3 Å². The molecule has 2 amide bonds. The third-order valence-corrected chi connectivity index (χ3v) is 9.78. The minimum Gasteiger partial charge on any atom is -0.494 e. The summed E-state index contributed by atoms with van der Waals surface area (Å²) < 4.78 is 5.89. The number of nitrogens with one attached hydrogen (secondary N) is 2. The molecule has 2 unspecified atom stereocenters. The quantitative estimate of drug-likeness (QED) is 0.0756. The Morgan fingerprint density at radius 2 is 1.46 bits per heavy atom. The van der Waals surface area contributed by atoms with Gasteiger partial charge in [0.15, 0.2) is 5.82 Å². The normalized spacial score (nSPS) is 12.2. The van der Waals surface area contributed by atoms with Gasteiger partial charge in [0.1, 0.15) is 17.8 Å². The predicted molar refractivity (Wildman–Crippen MR) is 210 cm³/mol. The highest BCUT2D eigenvalue weighted by atomic mass is 32.1. The van der Waals surface area contributed by atoms with E-state index in [1.807, 2.05) is 68.4 Å². The van der Waals surface area contributed by atoms with Crippen LogP contribution in [-0.4, -0.2) is 58.1 Å². The lowest BCUT2D eigenvalue weighted by Crippen LogP contribution is -2.52. The third kappa shape index (κ3) is 12.9. The number of thiophene rings is 1. The maximum absolute atomic E-state index is 13.4. The van der Waals surface area contributed by atoms with E-state index in [-0.39, 0.29) is 24.8 Å². The summed E-state index contributed by atoms with van der Waals surface area (Å²) in [6.45, 7) is 13.2. The zero-order valence-electron chi connectivity index (χ0n) is 31.4. The summed E-state index contributed by atoms with van der Waals surface area (Å²) in [7, 11) is 0. The molecule has 0 aliphatic carbocycles. The molecule has 4 rings (SSSR count). The van der Waals surface area contributed by atoms with E-state index in [4.69, 9.17) is 10.5 Å². The summed E-state index contributed by atoms with van der Waals surface area (Å²) in [4.78, 5) is 49.0. The second-order valence-corrected chi connectivity index (χ2v) is 14.5. The number of amides is 2. The number of aromatic nitrogens is 2. The Hall–Kier alpha value is -4.61. The van der Waals surface area contributed by atoms with Crippen LogP contribution >= 0.6 is 11.3 Å². The first-order valence-corrected chi connectivity index (χ1v) is 19.1. The van der Waals surface area contributed by atoms with Crippen molar-refractivity contribution >= 4 is 29.1 Å². The van der Waals surface area contributed by atoms with Gasteiger partial charge < -0.3 is 26.2 Å². The Kier molecular flexibility index (Phi) is 16.9. The van der Waals surface area contributed by atoms with Gasteiger partial charge in [0.25, 0.3) is 5.91 Å². The first-order valence-electron chi connectivity index (χ1n) is 18.3. The molecule has 0 aliphatic heterocycles. The van der Waals surface area contributed by atoms with Crippen molar-refractivity contribution in [3.05, 3.63) is 88.4 Å². The van der Waals surface area contributed by atoms with Crippen LogP contribution in [0.1, 0.15) is 100 Å². The lowest BCUT2D eigenvalue weighted by molar-refractivity contribution is -0.142. The molecule has 2 aromatic heterocycles. The first-order chi connectivity index (χ1) is 25.0. The van der Waals surface area contributed by atoms with Crippen molar-refractivity contribution in [2.24, 2.45) is 5.73 Å². The van der Waals surface area contributed by atoms with Crippen molar-refractivity contribution in [1.29, 1.82) is 0 Å². The number of hydrogen-bond donors (Lipinski definition) is 4. The van der Waals surface area contributed by atoms with Crippen molar-refractivity contribution in [2.45, 2.75) is 104 Å². The second kappa shape index (κ2) is 21.0. The van der Waals surface area contributed by atoms with Crippen LogP contribution in [0.2, 0.25) is 0 Å². The van der Waals surface area contributed by atoms with E-state index >= 15 is 0 Å². The molecule has 2 heterocycles. The molecule has 0 aliphatic rings. The highest BCUT2D eigenvalue weighted by molar-refractivity contribution is 7.14. The van der Waals surface area contributed by atoms with Crippen LogP contribution < -0.4 is 21.1 Å². The molecule has 2 atom stereocenters. The summed E-state index contributed by atoms with van der Waals surface area (Å²) in [6, 6.07) is 16.8. The number of carbonyl (C=O) groups excluding carboxylic acids is 2. The van der Waals surface area contributed by atoms with E-state index in [9.17, 15) is 19.5 Å². The zero-order valence-corrected chi connectivity index (χ0v) is 32.2. The van der Waals surface area contributed by atoms with Crippen molar-refractivity contribution in [2.75, 3.05) is 13.2 Å². The monoisotopic (exact) mass is 729 g/mol. The second-order valence-electron chi connectivity index (χ2n) is 13.4. The molecule has 4 aromatic rings. The molecule has 280 valence electrons. The fourth-order valence-electron chi connectivity index (χ4n) is 5.29. The van der Waals surface area contributed by atoms with Crippen LogP contribution in [0, 0.1) is 0 Å². The number of rotatable bonds is 18. The van der Waals surface area contributed by atoms with Gasteiger partial charge in [-0.3, -0.25) is 9.59 Å². The number of hydrogen-bond acceptors (Lipinski definition) is 8. The molecule has 2 aromatic carbocycles. The van der Waals surface area contributed by atoms with Gasteiger partial charge in [-0.15, -0.1) is 11.3 Å². The van der Waals surface area contributed by atoms with Crippen LogP contribution in [0.25, 0.3) is 22.5 Å². The third-order valence-electron chi connectivity index (χ3n) is 8.27. The van der Waals surface area contributed by atoms with Gasteiger partial charge in [-0.2, -0.15) is 0 Å². The van der Waals surface area contributed by atoms with Gasteiger partial charge in [-0.25, -0.2) is 14.8 Å². The Balaban J connectivity index is 0.00000358. The fourth-order valence-corrected chi connectivity index (χ4v) is 6.26. The highest BCUT2D eigenvalue weighted by Crippen LogP contribution is 2.29. The smallest absolute Gasteiger partial charge is 0.326 e. The van der Waals surface area contributed by atoms with Crippen molar-refractivity contribution in [3.63, 3.8) is 0 Å². The number of carboxylic acid groups (broad SMARTS) is 1. The van der Waals surface area contributed by atoms with E-state index in [0.29, 0.717) is 10.7 Å². The maximum Gasteiger partial charge on any atom is 0.326 e. The average molecular weight is 730 g/mol. The van der Waals surface area contributed by atoms with Crippen LogP contribution in [-0.2, 0) is 21.4 Å². The molecule has 10 nitrogen and oxygen atoms in total. The van der Waals surface area contributed by atoms with E-state index in [0.717, 1.165) is 45.9 Å². The Morgan fingerprint density at radius 1 is 0.827 bits per heavy atom. The maximum atomic E-state index is 13.4. The molecule has 0 radical (unpaired) electrons. The highest BCUT2D eigenvalue weighted by Gasteiger charge is 2.28. The average Bonchev–Trinajstić information content (AvgIpc) is 3.66. The van der Waals surface area contributed by atoms with Crippen molar-refractivity contribution in [3.8, 4) is 28.3 Å². The molecule has 11 heteroatoms. The molecule has 52 heavy (non-hydrogen) atoms. The topological polar surface area (TPSA) is 157 Å². The number of ether oxygens (including phenoxy) is 1. The van der Waals surface area contributed by atoms with Crippen molar-refractivity contribution < 1.29 is 24.2 Å². The van der Waals surface area contributed by atoms with Crippen molar-refractivity contribution in [1.82, 2.24) is 20.6 Å². The minimum atomic E-state index is -1.19. The Labute approximate surface area is 312 Å². The summed E-state index contributed by atoms with van der Waals surface area (Å²) in [6.07, 6.45) is 9.77. The largest absolute Gasteiger partial charge is 0.494 e. The molecule has 0 saturated heterocycles. The zero-order chi connectivity index (χ0) is 38.1. The molecular weight excluding hydrogens is 675 g/mol. The Morgan fingerprint density at radius 3 is 2.04 bits per heavy atom. The van der Waals surface area contributed by atoms with E-state index in [1.54, 1.807) is 18.5 Å². The fraction of sp³-hybridized carbons (Fsp3) is 0.439. The molecule has 0 bridgehead atoms. The predicted octanol–water partition coefficient (Wildman–Crippen LogP) is 7.80. The SMILES string of the molecule is CC.CCCCCCCOc1ccc(-c2cnc(-c3ccc(CC(NC(=O)c4ccc(C(C)(C)C)s4)C(=O)NC(CCN)C(=O)O)cc3)nc2)cc1. The van der Waals surface area contributed by atoms with Gasteiger partial charge in [-0.05, 0) is 60.2 Å². The summed E-state index contributed by atoms with van der Waals surface area (Å²) in [5.74, 6) is -0.797.